The maximum atomic E-state index is 12.7. The molecular weight excluding hydrogens is 382 g/mol. The van der Waals surface area contributed by atoms with Crippen molar-refractivity contribution in [3.05, 3.63) is 71.2 Å². The Balaban J connectivity index is 1.68. The lowest BCUT2D eigenvalue weighted by Crippen LogP contribution is -2.26. The third kappa shape index (κ3) is 4.56. The Morgan fingerprint density at radius 1 is 1.18 bits per heavy atom. The fourth-order valence-electron chi connectivity index (χ4n) is 2.99. The van der Waals surface area contributed by atoms with Crippen molar-refractivity contribution in [3.63, 3.8) is 0 Å². The smallest absolute Gasteiger partial charge is 0.288 e. The van der Waals surface area contributed by atoms with Crippen LogP contribution in [0, 0.1) is 13.8 Å². The summed E-state index contributed by atoms with van der Waals surface area (Å²) in [6, 6.07) is 12.0. The van der Waals surface area contributed by atoms with Crippen LogP contribution >= 0.6 is 11.8 Å². The average molecular weight is 402 g/mol. The van der Waals surface area contributed by atoms with E-state index in [1.807, 2.05) is 32.0 Å². The second kappa shape index (κ2) is 8.97. The number of carbonyl (C=O) groups is 1. The summed E-state index contributed by atoms with van der Waals surface area (Å²) in [5, 5.41) is 7.35. The molecule has 0 saturated heterocycles. The first-order valence-corrected chi connectivity index (χ1v) is 9.64. The minimum atomic E-state index is -2.57. The van der Waals surface area contributed by atoms with Gasteiger partial charge in [-0.1, -0.05) is 30.0 Å². The van der Waals surface area contributed by atoms with E-state index in [1.54, 1.807) is 29.1 Å². The van der Waals surface area contributed by atoms with Crippen LogP contribution in [0.25, 0.3) is 5.82 Å². The molecule has 3 aromatic rings. The molecule has 0 aliphatic rings. The summed E-state index contributed by atoms with van der Waals surface area (Å²) in [5.74, 6) is -2.20. The Hall–Kier alpha value is -2.74. The third-order valence-electron chi connectivity index (χ3n) is 4.32. The molecule has 0 radical (unpaired) electrons. The van der Waals surface area contributed by atoms with E-state index in [4.69, 9.17) is 0 Å². The van der Waals surface area contributed by atoms with E-state index < -0.39 is 5.76 Å². The lowest BCUT2D eigenvalue weighted by atomic mass is 10.1. The van der Waals surface area contributed by atoms with Crippen LogP contribution in [0.1, 0.15) is 27.3 Å². The minimum absolute atomic E-state index is 0.255. The number of aryl methyl sites for hydroxylation is 1. The van der Waals surface area contributed by atoms with Gasteiger partial charge in [-0.15, -0.1) is 0 Å². The summed E-state index contributed by atoms with van der Waals surface area (Å²) in [4.78, 5) is 17.0. The molecule has 2 aromatic heterocycles. The van der Waals surface area contributed by atoms with Gasteiger partial charge in [-0.2, -0.15) is 13.9 Å². The Morgan fingerprint density at radius 2 is 1.93 bits per heavy atom. The Labute approximate surface area is 166 Å². The van der Waals surface area contributed by atoms with Crippen molar-refractivity contribution in [2.45, 2.75) is 30.9 Å². The molecule has 28 heavy (non-hydrogen) atoms. The van der Waals surface area contributed by atoms with Gasteiger partial charge in [0.05, 0.1) is 11.3 Å². The number of pyridine rings is 1. The lowest BCUT2D eigenvalue weighted by molar-refractivity contribution is 0.0951. The van der Waals surface area contributed by atoms with Crippen molar-refractivity contribution in [1.29, 1.82) is 0 Å². The van der Waals surface area contributed by atoms with Crippen LogP contribution < -0.4 is 5.32 Å². The van der Waals surface area contributed by atoms with E-state index in [1.165, 1.54) is 6.07 Å². The number of hydrogen-bond donors (Lipinski definition) is 1. The Bertz CT molecular complexity index is 960. The summed E-state index contributed by atoms with van der Waals surface area (Å²) in [7, 11) is 0. The van der Waals surface area contributed by atoms with E-state index in [0.29, 0.717) is 24.7 Å². The second-order valence-corrected chi connectivity index (χ2v) is 7.16. The van der Waals surface area contributed by atoms with E-state index in [9.17, 15) is 13.6 Å². The standard InChI is InChI=1S/C20H20F2N4OS/c1-13-15(14(2)26(25-13)18-9-5-6-11-23-18)10-12-24-19(27)16-7-3-4-8-17(16)28-20(21)22/h3-9,11,20H,10,12H2,1-2H3,(H,24,27). The summed E-state index contributed by atoms with van der Waals surface area (Å²) in [5.41, 5.74) is 3.11. The van der Waals surface area contributed by atoms with Crippen LogP contribution in [0.3, 0.4) is 0 Å². The molecule has 1 N–H and O–H groups in total. The highest BCUT2D eigenvalue weighted by Gasteiger charge is 2.16. The largest absolute Gasteiger partial charge is 0.352 e. The normalized spacial score (nSPS) is 11.0. The molecule has 0 aliphatic carbocycles. The maximum absolute atomic E-state index is 12.7. The number of hydrogen-bond acceptors (Lipinski definition) is 4. The van der Waals surface area contributed by atoms with Gasteiger partial charge in [0, 0.05) is 23.3 Å². The van der Waals surface area contributed by atoms with Gasteiger partial charge >= 0.3 is 0 Å². The van der Waals surface area contributed by atoms with E-state index in [-0.39, 0.29) is 16.4 Å². The SMILES string of the molecule is Cc1nn(-c2ccccn2)c(C)c1CCNC(=O)c1ccccc1SC(F)F. The first-order valence-electron chi connectivity index (χ1n) is 8.76. The summed E-state index contributed by atoms with van der Waals surface area (Å²) in [6.07, 6.45) is 2.29. The van der Waals surface area contributed by atoms with Crippen LogP contribution in [0.2, 0.25) is 0 Å². The lowest BCUT2D eigenvalue weighted by Gasteiger charge is -2.10. The maximum Gasteiger partial charge on any atom is 0.288 e. The quantitative estimate of drug-likeness (QED) is 0.603. The minimum Gasteiger partial charge on any atom is -0.352 e. The molecule has 5 nitrogen and oxygen atoms in total. The van der Waals surface area contributed by atoms with Crippen LogP contribution in [-0.2, 0) is 6.42 Å². The van der Waals surface area contributed by atoms with Gasteiger partial charge in [0.25, 0.3) is 11.7 Å². The van der Waals surface area contributed by atoms with Gasteiger partial charge in [0.15, 0.2) is 5.82 Å². The molecule has 0 aliphatic heterocycles. The zero-order valence-corrected chi connectivity index (χ0v) is 16.3. The van der Waals surface area contributed by atoms with Crippen molar-refractivity contribution in [1.82, 2.24) is 20.1 Å². The second-order valence-electron chi connectivity index (χ2n) is 6.13. The number of halogens is 2. The molecular formula is C20H20F2N4OS. The number of nitrogens with zero attached hydrogens (tertiary/aromatic N) is 3. The highest BCUT2D eigenvalue weighted by Crippen LogP contribution is 2.28. The number of carbonyl (C=O) groups excluding carboxylic acids is 1. The summed E-state index contributed by atoms with van der Waals surface area (Å²) < 4.78 is 27.1. The zero-order chi connectivity index (χ0) is 20.1. The average Bonchev–Trinajstić information content (AvgIpc) is 2.97. The van der Waals surface area contributed by atoms with E-state index in [0.717, 1.165) is 22.8 Å². The molecule has 1 amide bonds. The number of aromatic nitrogens is 3. The van der Waals surface area contributed by atoms with Crippen LogP contribution in [0.4, 0.5) is 8.78 Å². The highest BCUT2D eigenvalue weighted by atomic mass is 32.2. The Morgan fingerprint density at radius 3 is 2.64 bits per heavy atom. The van der Waals surface area contributed by atoms with E-state index >= 15 is 0 Å². The number of benzene rings is 1. The van der Waals surface area contributed by atoms with Gasteiger partial charge in [0.2, 0.25) is 0 Å². The van der Waals surface area contributed by atoms with Crippen molar-refractivity contribution >= 4 is 17.7 Å². The number of thioether (sulfide) groups is 1. The zero-order valence-electron chi connectivity index (χ0n) is 15.5. The molecule has 0 bridgehead atoms. The van der Waals surface area contributed by atoms with Gasteiger partial charge in [-0.25, -0.2) is 9.67 Å². The fourth-order valence-corrected chi connectivity index (χ4v) is 3.62. The molecule has 8 heteroatoms. The van der Waals surface area contributed by atoms with Crippen LogP contribution in [0.5, 0.6) is 0 Å². The molecule has 146 valence electrons. The predicted octanol–water partition coefficient (Wildman–Crippen LogP) is 4.17. The molecule has 0 atom stereocenters. The van der Waals surface area contributed by atoms with Gasteiger partial charge in [0.1, 0.15) is 0 Å². The third-order valence-corrected chi connectivity index (χ3v) is 5.10. The first-order chi connectivity index (χ1) is 13.5. The van der Waals surface area contributed by atoms with Crippen molar-refractivity contribution in [3.8, 4) is 5.82 Å². The number of rotatable bonds is 7. The van der Waals surface area contributed by atoms with Gasteiger partial charge in [-0.05, 0) is 50.1 Å². The van der Waals surface area contributed by atoms with Crippen LogP contribution in [-0.4, -0.2) is 33.0 Å². The topological polar surface area (TPSA) is 59.8 Å². The Kier molecular flexibility index (Phi) is 6.41. The fraction of sp³-hybridized carbons (Fsp3) is 0.250. The molecule has 0 saturated carbocycles. The van der Waals surface area contributed by atoms with Gasteiger partial charge < -0.3 is 5.32 Å². The highest BCUT2D eigenvalue weighted by molar-refractivity contribution is 7.99. The molecule has 3 rings (SSSR count). The predicted molar refractivity (Wildman–Crippen MR) is 105 cm³/mol. The molecule has 0 unspecified atom stereocenters. The summed E-state index contributed by atoms with van der Waals surface area (Å²) in [6.45, 7) is 4.25. The molecule has 2 heterocycles. The van der Waals surface area contributed by atoms with Crippen molar-refractivity contribution in [2.75, 3.05) is 6.54 Å². The molecule has 0 spiro atoms. The molecule has 0 fully saturated rings. The van der Waals surface area contributed by atoms with Crippen molar-refractivity contribution in [2.24, 2.45) is 0 Å². The van der Waals surface area contributed by atoms with Crippen molar-refractivity contribution < 1.29 is 13.6 Å². The van der Waals surface area contributed by atoms with Crippen LogP contribution in [0.15, 0.2) is 53.6 Å². The number of alkyl halides is 2. The van der Waals surface area contributed by atoms with E-state index in [2.05, 4.69) is 15.4 Å². The number of amides is 1. The van der Waals surface area contributed by atoms with Gasteiger partial charge in [-0.3, -0.25) is 4.79 Å². The number of nitrogens with one attached hydrogen (secondary N) is 1. The monoisotopic (exact) mass is 402 g/mol. The first kappa shape index (κ1) is 20.0. The molecule has 1 aromatic carbocycles. The summed E-state index contributed by atoms with van der Waals surface area (Å²) >= 11 is 0.375.